The van der Waals surface area contributed by atoms with Gasteiger partial charge in [0.15, 0.2) is 5.82 Å². The Hall–Kier alpha value is -2.91. The van der Waals surface area contributed by atoms with Crippen molar-refractivity contribution in [2.45, 2.75) is 44.7 Å². The fourth-order valence-electron chi connectivity index (χ4n) is 4.25. The van der Waals surface area contributed by atoms with Gasteiger partial charge in [0.2, 0.25) is 5.91 Å². The lowest BCUT2D eigenvalue weighted by Gasteiger charge is -2.44. The molecule has 2 saturated heterocycles. The van der Waals surface area contributed by atoms with E-state index in [1.165, 1.54) is 32.6 Å². The number of piperazine rings is 1. The zero-order chi connectivity index (χ0) is 20.2. The average molecular weight is 390 g/mol. The first-order valence-electron chi connectivity index (χ1n) is 10.3. The second kappa shape index (κ2) is 8.62. The summed E-state index contributed by atoms with van der Waals surface area (Å²) in [6.07, 6.45) is 5.17. The molecule has 2 unspecified atom stereocenters. The maximum Gasteiger partial charge on any atom is 0.221 e. The van der Waals surface area contributed by atoms with Crippen LogP contribution in [0.3, 0.4) is 0 Å². The van der Waals surface area contributed by atoms with E-state index in [0.29, 0.717) is 17.8 Å². The van der Waals surface area contributed by atoms with Crippen molar-refractivity contribution in [1.82, 2.24) is 15.1 Å². The number of rotatable bonds is 2. The first-order chi connectivity index (χ1) is 14.1. The first kappa shape index (κ1) is 19.4. The van der Waals surface area contributed by atoms with Gasteiger partial charge in [-0.1, -0.05) is 24.8 Å². The van der Waals surface area contributed by atoms with Crippen molar-refractivity contribution in [1.29, 1.82) is 0 Å². The summed E-state index contributed by atoms with van der Waals surface area (Å²) in [4.78, 5) is 16.1. The number of hydrogen-bond donors (Lipinski definition) is 1. The molecule has 0 aliphatic carbocycles. The average Bonchev–Trinajstić information content (AvgIpc) is 2.81. The van der Waals surface area contributed by atoms with Gasteiger partial charge in [0.05, 0.1) is 0 Å². The maximum atomic E-state index is 11.2. The molecular weight excluding hydrogens is 362 g/mol. The summed E-state index contributed by atoms with van der Waals surface area (Å²) < 4.78 is 0. The molecule has 1 aromatic heterocycles. The Kier molecular flexibility index (Phi) is 5.77. The molecule has 29 heavy (non-hydrogen) atoms. The standard InChI is InChI=1S/C23H27N5O/c1-17(29)24-20-7-5-6-18(14-20)10-11-19-12-13-23(26-25-19)28-15-21-8-3-4-9-22(16-28)27(21)2/h5-7,12-14,21-22H,3-4,8-9,15-16H2,1-2H3,(H,24,29). The van der Waals surface area contributed by atoms with Gasteiger partial charge in [-0.15, -0.1) is 10.2 Å². The Bertz CT molecular complexity index is 914. The highest BCUT2D eigenvalue weighted by Gasteiger charge is 2.33. The number of nitrogens with zero attached hydrogens (tertiary/aromatic N) is 4. The first-order valence-corrected chi connectivity index (χ1v) is 10.3. The Balaban J connectivity index is 1.45. The van der Waals surface area contributed by atoms with Crippen LogP contribution < -0.4 is 10.2 Å². The van der Waals surface area contributed by atoms with E-state index in [4.69, 9.17) is 0 Å². The van der Waals surface area contributed by atoms with Gasteiger partial charge in [0.1, 0.15) is 5.69 Å². The van der Waals surface area contributed by atoms with Crippen molar-refractivity contribution in [3.63, 3.8) is 0 Å². The Morgan fingerprint density at radius 1 is 1.07 bits per heavy atom. The lowest BCUT2D eigenvalue weighted by molar-refractivity contribution is -0.114. The molecule has 4 rings (SSSR count). The molecule has 2 aliphatic rings. The van der Waals surface area contributed by atoms with Crippen molar-refractivity contribution in [2.75, 3.05) is 30.4 Å². The van der Waals surface area contributed by atoms with Crippen molar-refractivity contribution in [2.24, 2.45) is 0 Å². The summed E-state index contributed by atoms with van der Waals surface area (Å²) in [6.45, 7) is 3.52. The lowest BCUT2D eigenvalue weighted by Crippen LogP contribution is -2.56. The van der Waals surface area contributed by atoms with Gasteiger partial charge >= 0.3 is 0 Å². The lowest BCUT2D eigenvalue weighted by atomic mass is 10.1. The monoisotopic (exact) mass is 389 g/mol. The van der Waals surface area contributed by atoms with Crippen molar-refractivity contribution >= 4 is 17.4 Å². The zero-order valence-electron chi connectivity index (χ0n) is 17.1. The molecular formula is C23H27N5O. The number of aromatic nitrogens is 2. The van der Waals surface area contributed by atoms with Crippen LogP contribution in [0.25, 0.3) is 0 Å². The zero-order valence-corrected chi connectivity index (χ0v) is 17.1. The van der Waals surface area contributed by atoms with E-state index >= 15 is 0 Å². The van der Waals surface area contributed by atoms with Gasteiger partial charge in [-0.25, -0.2) is 0 Å². The molecule has 0 saturated carbocycles. The van der Waals surface area contributed by atoms with Crippen LogP contribution in [-0.4, -0.2) is 53.2 Å². The van der Waals surface area contributed by atoms with Crippen LogP contribution in [0.1, 0.15) is 43.9 Å². The summed E-state index contributed by atoms with van der Waals surface area (Å²) in [5.41, 5.74) is 2.21. The smallest absolute Gasteiger partial charge is 0.221 e. The number of nitrogens with one attached hydrogen (secondary N) is 1. The van der Waals surface area contributed by atoms with Crippen LogP contribution in [0.5, 0.6) is 0 Å². The van der Waals surface area contributed by atoms with Crippen molar-refractivity contribution < 1.29 is 4.79 Å². The van der Waals surface area contributed by atoms with Crippen LogP contribution in [0.2, 0.25) is 0 Å². The largest absolute Gasteiger partial charge is 0.352 e. The molecule has 150 valence electrons. The number of likely N-dealkylation sites (N-methyl/N-ethyl adjacent to an activating group) is 1. The third kappa shape index (κ3) is 4.75. The van der Waals surface area contributed by atoms with Crippen molar-refractivity contribution in [3.05, 3.63) is 47.7 Å². The highest BCUT2D eigenvalue weighted by molar-refractivity contribution is 5.88. The van der Waals surface area contributed by atoms with Gasteiger partial charge in [0.25, 0.3) is 0 Å². The minimum Gasteiger partial charge on any atom is -0.352 e. The molecule has 6 nitrogen and oxygen atoms in total. The number of anilines is 2. The number of amides is 1. The van der Waals surface area contributed by atoms with Gasteiger partial charge in [-0.3, -0.25) is 9.69 Å². The Labute approximate surface area is 172 Å². The van der Waals surface area contributed by atoms with Crippen LogP contribution in [0.15, 0.2) is 36.4 Å². The highest BCUT2D eigenvalue weighted by Crippen LogP contribution is 2.28. The number of fused-ring (bicyclic) bond motifs is 2. The number of hydrogen-bond acceptors (Lipinski definition) is 5. The molecule has 1 N–H and O–H groups in total. The molecule has 2 aromatic rings. The van der Waals surface area contributed by atoms with Gasteiger partial charge < -0.3 is 10.2 Å². The van der Waals surface area contributed by atoms with E-state index in [-0.39, 0.29) is 5.91 Å². The van der Waals surface area contributed by atoms with Crippen LogP contribution in [0, 0.1) is 11.8 Å². The minimum absolute atomic E-state index is 0.0969. The van der Waals surface area contributed by atoms with E-state index in [1.807, 2.05) is 36.4 Å². The van der Waals surface area contributed by atoms with E-state index in [2.05, 4.69) is 44.2 Å². The molecule has 3 heterocycles. The number of carbonyl (C=O) groups is 1. The fraction of sp³-hybridized carbons (Fsp3) is 0.435. The predicted molar refractivity (Wildman–Crippen MR) is 115 cm³/mol. The molecule has 6 heteroatoms. The van der Waals surface area contributed by atoms with E-state index in [9.17, 15) is 4.79 Å². The normalized spacial score (nSPS) is 21.7. The maximum absolute atomic E-state index is 11.2. The minimum atomic E-state index is -0.0969. The van der Waals surface area contributed by atoms with E-state index in [1.54, 1.807) is 0 Å². The fourth-order valence-corrected chi connectivity index (χ4v) is 4.25. The third-order valence-electron chi connectivity index (χ3n) is 5.83. The third-order valence-corrected chi connectivity index (χ3v) is 5.83. The Morgan fingerprint density at radius 3 is 2.48 bits per heavy atom. The highest BCUT2D eigenvalue weighted by atomic mass is 16.1. The summed E-state index contributed by atoms with van der Waals surface area (Å²) in [5.74, 6) is 7.00. The van der Waals surface area contributed by atoms with Crippen LogP contribution >= 0.6 is 0 Å². The molecule has 0 spiro atoms. The quantitative estimate of drug-likeness (QED) is 0.801. The summed E-state index contributed by atoms with van der Waals surface area (Å²) in [7, 11) is 2.27. The summed E-state index contributed by atoms with van der Waals surface area (Å²) >= 11 is 0. The number of benzene rings is 1. The molecule has 1 aromatic carbocycles. The van der Waals surface area contributed by atoms with E-state index in [0.717, 1.165) is 30.2 Å². The van der Waals surface area contributed by atoms with Crippen molar-refractivity contribution in [3.8, 4) is 11.8 Å². The predicted octanol–water partition coefficient (Wildman–Crippen LogP) is 2.90. The molecule has 2 aliphatic heterocycles. The molecule has 2 atom stereocenters. The molecule has 0 radical (unpaired) electrons. The molecule has 2 fully saturated rings. The topological polar surface area (TPSA) is 61.4 Å². The van der Waals surface area contributed by atoms with Gasteiger partial charge in [0, 0.05) is 43.3 Å². The second-order valence-corrected chi connectivity index (χ2v) is 7.95. The molecule has 1 amide bonds. The van der Waals surface area contributed by atoms with Gasteiger partial charge in [-0.2, -0.15) is 0 Å². The summed E-state index contributed by atoms with van der Waals surface area (Å²) in [5, 5.41) is 11.5. The summed E-state index contributed by atoms with van der Waals surface area (Å²) in [6, 6.07) is 12.7. The Morgan fingerprint density at radius 2 is 1.83 bits per heavy atom. The van der Waals surface area contributed by atoms with E-state index < -0.39 is 0 Å². The van der Waals surface area contributed by atoms with Crippen LogP contribution in [0.4, 0.5) is 11.5 Å². The second-order valence-electron chi connectivity index (χ2n) is 7.95. The SMILES string of the molecule is CC(=O)Nc1cccc(C#Cc2ccc(N3CC4CCCCC(C3)N4C)nn2)c1. The number of carbonyl (C=O) groups excluding carboxylic acids is 1. The van der Waals surface area contributed by atoms with Gasteiger partial charge in [-0.05, 0) is 56.1 Å². The van der Waals surface area contributed by atoms with Crippen LogP contribution in [-0.2, 0) is 4.79 Å². The molecule has 2 bridgehead atoms.